The topological polar surface area (TPSA) is 69.2 Å². The number of halogens is 1. The van der Waals surface area contributed by atoms with Crippen LogP contribution < -0.4 is 0 Å². The Bertz CT molecular complexity index is 677. The molecule has 2 N–H and O–H groups in total. The number of carbonyl (C=O) groups is 1. The Morgan fingerprint density at radius 1 is 1.24 bits per heavy atom. The monoisotopic (exact) mass is 361 g/mol. The maximum absolute atomic E-state index is 12.4. The third kappa shape index (κ3) is 4.61. The molecule has 134 valence electrons. The number of hydrogen-bond acceptors (Lipinski definition) is 3. The molecule has 3 rings (SSSR count). The van der Waals surface area contributed by atoms with Gasteiger partial charge in [-0.1, -0.05) is 23.7 Å². The van der Waals surface area contributed by atoms with Gasteiger partial charge in [0.25, 0.3) is 0 Å². The lowest BCUT2D eigenvalue weighted by molar-refractivity contribution is -0.134. The van der Waals surface area contributed by atoms with Gasteiger partial charge in [-0.2, -0.15) is 5.10 Å². The molecule has 1 amide bonds. The Labute approximate surface area is 153 Å². The predicted molar refractivity (Wildman–Crippen MR) is 97.4 cm³/mol. The van der Waals surface area contributed by atoms with E-state index in [0.717, 1.165) is 29.8 Å². The van der Waals surface area contributed by atoms with Crippen LogP contribution in [0.25, 0.3) is 0 Å². The van der Waals surface area contributed by atoms with Gasteiger partial charge in [0.1, 0.15) is 0 Å². The third-order valence-corrected chi connectivity index (χ3v) is 5.44. The molecule has 1 aromatic heterocycles. The largest absolute Gasteiger partial charge is 0.396 e. The van der Waals surface area contributed by atoms with Crippen LogP contribution >= 0.6 is 11.6 Å². The van der Waals surface area contributed by atoms with Crippen LogP contribution in [0.15, 0.2) is 36.7 Å². The van der Waals surface area contributed by atoms with Gasteiger partial charge in [-0.25, -0.2) is 0 Å². The highest BCUT2D eigenvalue weighted by molar-refractivity contribution is 6.30. The number of piperidine rings is 1. The Morgan fingerprint density at radius 2 is 1.96 bits per heavy atom. The van der Waals surface area contributed by atoms with Gasteiger partial charge in [-0.3, -0.25) is 9.89 Å². The van der Waals surface area contributed by atoms with Crippen LogP contribution in [0.3, 0.4) is 0 Å². The van der Waals surface area contributed by atoms with Crippen molar-refractivity contribution in [2.45, 2.75) is 32.1 Å². The molecule has 1 fully saturated rings. The molecule has 0 aliphatic carbocycles. The first-order valence-electron chi connectivity index (χ1n) is 8.71. The molecule has 1 aromatic carbocycles. The Morgan fingerprint density at radius 3 is 2.56 bits per heavy atom. The third-order valence-electron chi connectivity index (χ3n) is 5.19. The summed E-state index contributed by atoms with van der Waals surface area (Å²) in [7, 11) is 0. The second-order valence-electron chi connectivity index (χ2n) is 6.95. The van der Waals surface area contributed by atoms with E-state index in [1.54, 1.807) is 6.20 Å². The number of nitrogens with one attached hydrogen (secondary N) is 1. The van der Waals surface area contributed by atoms with Crippen molar-refractivity contribution in [2.24, 2.45) is 5.41 Å². The molecule has 6 heteroatoms. The summed E-state index contributed by atoms with van der Waals surface area (Å²) in [6, 6.07) is 7.80. The summed E-state index contributed by atoms with van der Waals surface area (Å²) < 4.78 is 0. The van der Waals surface area contributed by atoms with Crippen molar-refractivity contribution < 1.29 is 9.90 Å². The number of aliphatic hydroxyl groups is 1. The fraction of sp³-hybridized carbons (Fsp3) is 0.474. The summed E-state index contributed by atoms with van der Waals surface area (Å²) in [6.45, 7) is 1.56. The maximum atomic E-state index is 12.4. The summed E-state index contributed by atoms with van der Waals surface area (Å²) in [5.41, 5.74) is 2.09. The second-order valence-corrected chi connectivity index (χ2v) is 7.39. The summed E-state index contributed by atoms with van der Waals surface area (Å²) in [5.74, 6) is 0.180. The van der Waals surface area contributed by atoms with Crippen LogP contribution in [0.4, 0.5) is 0 Å². The molecule has 0 saturated carbocycles. The van der Waals surface area contributed by atoms with Crippen LogP contribution in [-0.2, 0) is 17.6 Å². The number of aliphatic hydroxyl groups excluding tert-OH is 1. The molecule has 1 aliphatic heterocycles. The number of nitrogens with zero attached hydrogens (tertiary/aromatic N) is 2. The molecule has 5 nitrogen and oxygen atoms in total. The van der Waals surface area contributed by atoms with Gasteiger partial charge in [0, 0.05) is 42.8 Å². The summed E-state index contributed by atoms with van der Waals surface area (Å²) in [6.07, 6.45) is 7.26. The predicted octanol–water partition coefficient (Wildman–Crippen LogP) is 2.84. The van der Waals surface area contributed by atoms with Crippen molar-refractivity contribution >= 4 is 17.5 Å². The molecule has 1 saturated heterocycles. The first kappa shape index (κ1) is 18.0. The molecule has 0 spiro atoms. The van der Waals surface area contributed by atoms with Gasteiger partial charge in [0.05, 0.1) is 6.20 Å². The van der Waals surface area contributed by atoms with Crippen molar-refractivity contribution in [3.8, 4) is 0 Å². The highest BCUT2D eigenvalue weighted by Gasteiger charge is 2.35. The van der Waals surface area contributed by atoms with E-state index in [1.807, 2.05) is 35.4 Å². The lowest BCUT2D eigenvalue weighted by Gasteiger charge is -2.41. The first-order valence-corrected chi connectivity index (χ1v) is 9.09. The van der Waals surface area contributed by atoms with Crippen LogP contribution in [0, 0.1) is 5.41 Å². The van der Waals surface area contributed by atoms with Crippen LogP contribution in [0.2, 0.25) is 5.02 Å². The maximum Gasteiger partial charge on any atom is 0.222 e. The summed E-state index contributed by atoms with van der Waals surface area (Å²) in [5, 5.41) is 17.4. The first-order chi connectivity index (χ1) is 12.1. The molecule has 0 atom stereocenters. The van der Waals surface area contributed by atoms with Crippen molar-refractivity contribution in [3.63, 3.8) is 0 Å². The van der Waals surface area contributed by atoms with Crippen molar-refractivity contribution in [1.29, 1.82) is 0 Å². The normalized spacial score (nSPS) is 16.8. The molecule has 0 unspecified atom stereocenters. The number of likely N-dealkylation sites (tertiary alicyclic amines) is 1. The SMILES string of the molecule is O=C(CCc1cn[nH]c1)N1CCC(CO)(Cc2ccc(Cl)cc2)CC1. The van der Waals surface area contributed by atoms with E-state index >= 15 is 0 Å². The van der Waals surface area contributed by atoms with Gasteiger partial charge in [0.2, 0.25) is 5.91 Å². The van der Waals surface area contributed by atoms with Crippen LogP contribution in [0.5, 0.6) is 0 Å². The van der Waals surface area contributed by atoms with Crippen molar-refractivity contribution in [1.82, 2.24) is 15.1 Å². The van der Waals surface area contributed by atoms with Crippen LogP contribution in [0.1, 0.15) is 30.4 Å². The van der Waals surface area contributed by atoms with E-state index in [4.69, 9.17) is 11.6 Å². The number of aromatic nitrogens is 2. The van der Waals surface area contributed by atoms with E-state index in [2.05, 4.69) is 10.2 Å². The van der Waals surface area contributed by atoms with Gasteiger partial charge >= 0.3 is 0 Å². The number of aryl methyl sites for hydroxylation is 1. The minimum atomic E-state index is -0.144. The fourth-order valence-corrected chi connectivity index (χ4v) is 3.61. The molecule has 1 aliphatic rings. The number of amides is 1. The average molecular weight is 362 g/mol. The molecule has 2 aromatic rings. The number of hydrogen-bond donors (Lipinski definition) is 2. The number of H-pyrrole nitrogens is 1. The van der Waals surface area contributed by atoms with Crippen LogP contribution in [-0.4, -0.2) is 45.8 Å². The fourth-order valence-electron chi connectivity index (χ4n) is 3.48. The highest BCUT2D eigenvalue weighted by Crippen LogP contribution is 2.35. The minimum absolute atomic E-state index is 0.144. The highest BCUT2D eigenvalue weighted by atomic mass is 35.5. The molecular formula is C19H24ClN3O2. The van der Waals surface area contributed by atoms with E-state index in [-0.39, 0.29) is 17.9 Å². The summed E-state index contributed by atoms with van der Waals surface area (Å²) >= 11 is 5.94. The smallest absolute Gasteiger partial charge is 0.222 e. The van der Waals surface area contributed by atoms with E-state index in [0.29, 0.717) is 25.9 Å². The summed E-state index contributed by atoms with van der Waals surface area (Å²) in [4.78, 5) is 14.3. The van der Waals surface area contributed by atoms with Gasteiger partial charge < -0.3 is 10.0 Å². The number of benzene rings is 1. The van der Waals surface area contributed by atoms with Gasteiger partial charge in [-0.05, 0) is 48.9 Å². The van der Waals surface area contributed by atoms with Gasteiger partial charge in [0.15, 0.2) is 0 Å². The zero-order valence-electron chi connectivity index (χ0n) is 14.2. The van der Waals surface area contributed by atoms with E-state index in [9.17, 15) is 9.90 Å². The standard InChI is InChI=1S/C19H24ClN3O2/c20-17-4-1-15(2-5-17)11-19(14-24)7-9-23(10-8-19)18(25)6-3-16-12-21-22-13-16/h1-2,4-5,12-13,24H,3,6-11,14H2,(H,21,22). The molecule has 2 heterocycles. The number of carbonyl (C=O) groups excluding carboxylic acids is 1. The molecule has 25 heavy (non-hydrogen) atoms. The average Bonchev–Trinajstić information content (AvgIpc) is 3.16. The van der Waals surface area contributed by atoms with E-state index < -0.39 is 0 Å². The van der Waals surface area contributed by atoms with Crippen molar-refractivity contribution in [3.05, 3.63) is 52.8 Å². The number of rotatable bonds is 6. The Hall–Kier alpha value is -1.85. The lowest BCUT2D eigenvalue weighted by Crippen LogP contribution is -2.45. The second kappa shape index (κ2) is 8.02. The molecular weight excluding hydrogens is 338 g/mol. The zero-order chi connectivity index (χ0) is 17.7. The zero-order valence-corrected chi connectivity index (χ0v) is 15.0. The van der Waals surface area contributed by atoms with Gasteiger partial charge in [-0.15, -0.1) is 0 Å². The number of aromatic amines is 1. The quantitative estimate of drug-likeness (QED) is 0.831. The lowest BCUT2D eigenvalue weighted by atomic mass is 9.74. The minimum Gasteiger partial charge on any atom is -0.396 e. The Balaban J connectivity index is 1.53. The molecule has 0 bridgehead atoms. The Kier molecular flexibility index (Phi) is 5.76. The van der Waals surface area contributed by atoms with E-state index in [1.165, 1.54) is 5.56 Å². The van der Waals surface area contributed by atoms with Crippen molar-refractivity contribution in [2.75, 3.05) is 19.7 Å². The molecule has 0 radical (unpaired) electrons.